The predicted molar refractivity (Wildman–Crippen MR) is 77.6 cm³/mol. The van der Waals surface area contributed by atoms with E-state index in [1.165, 1.54) is 6.07 Å². The first-order chi connectivity index (χ1) is 9.71. The molecule has 2 N–H and O–H groups in total. The summed E-state index contributed by atoms with van der Waals surface area (Å²) in [5, 5.41) is 23.0. The number of aliphatic carboxylic acids is 1. The number of nitro benzene ring substituents is 1. The summed E-state index contributed by atoms with van der Waals surface area (Å²) in [4.78, 5) is 21.8. The molecule has 0 saturated carbocycles. The number of hydrogen-bond acceptors (Lipinski definition) is 5. The van der Waals surface area contributed by atoms with Crippen molar-refractivity contribution in [3.63, 3.8) is 0 Å². The van der Waals surface area contributed by atoms with Crippen molar-refractivity contribution in [1.29, 1.82) is 0 Å². The maximum absolute atomic E-state index is 11.2. The van der Waals surface area contributed by atoms with Gasteiger partial charge in [0.15, 0.2) is 5.75 Å². The standard InChI is InChI=1S/C14H20N2O5/c1-9-6-5-7-11(12(9)16(19)20)21-10(2)8-14(3,15-4)13(17)18/h5-7,10,15H,8H2,1-4H3,(H,17,18). The number of likely N-dealkylation sites (N-methyl/N-ethyl adjacent to an activating group) is 1. The van der Waals surface area contributed by atoms with Gasteiger partial charge in [-0.25, -0.2) is 0 Å². The minimum absolute atomic E-state index is 0.0918. The molecule has 0 aromatic heterocycles. The molecule has 0 heterocycles. The second kappa shape index (κ2) is 6.53. The summed E-state index contributed by atoms with van der Waals surface area (Å²) < 4.78 is 5.59. The molecule has 0 spiro atoms. The lowest BCUT2D eigenvalue weighted by Gasteiger charge is -2.27. The third-order valence-corrected chi connectivity index (χ3v) is 3.43. The summed E-state index contributed by atoms with van der Waals surface area (Å²) in [5.74, 6) is -0.851. The van der Waals surface area contributed by atoms with Gasteiger partial charge in [0.1, 0.15) is 5.54 Å². The molecule has 7 heteroatoms. The number of nitro groups is 1. The van der Waals surface area contributed by atoms with E-state index in [0.717, 1.165) is 0 Å². The highest BCUT2D eigenvalue weighted by atomic mass is 16.6. The van der Waals surface area contributed by atoms with Gasteiger partial charge in [-0.05, 0) is 33.9 Å². The molecule has 2 unspecified atom stereocenters. The minimum Gasteiger partial charge on any atom is -0.484 e. The minimum atomic E-state index is -1.15. The van der Waals surface area contributed by atoms with Crippen LogP contribution in [0.3, 0.4) is 0 Å². The summed E-state index contributed by atoms with van der Waals surface area (Å²) >= 11 is 0. The van der Waals surface area contributed by atoms with Crippen LogP contribution in [0.2, 0.25) is 0 Å². The van der Waals surface area contributed by atoms with Crippen LogP contribution in [0.5, 0.6) is 5.75 Å². The van der Waals surface area contributed by atoms with Crippen molar-refractivity contribution >= 4 is 11.7 Å². The quantitative estimate of drug-likeness (QED) is 0.590. The molecule has 0 fully saturated rings. The zero-order valence-electron chi connectivity index (χ0n) is 12.5. The Kier molecular flexibility index (Phi) is 5.26. The number of carboxylic acids is 1. The number of nitrogens with zero attached hydrogens (tertiary/aromatic N) is 1. The molecular formula is C14H20N2O5. The summed E-state index contributed by atoms with van der Waals surface area (Å²) in [7, 11) is 1.55. The van der Waals surface area contributed by atoms with Crippen molar-refractivity contribution in [2.45, 2.75) is 38.8 Å². The molecule has 0 bridgehead atoms. The molecular weight excluding hydrogens is 276 g/mol. The van der Waals surface area contributed by atoms with Gasteiger partial charge in [0, 0.05) is 12.0 Å². The lowest BCUT2D eigenvalue weighted by Crippen LogP contribution is -2.50. The maximum Gasteiger partial charge on any atom is 0.323 e. The monoisotopic (exact) mass is 296 g/mol. The van der Waals surface area contributed by atoms with E-state index < -0.39 is 22.5 Å². The Morgan fingerprint density at radius 1 is 1.57 bits per heavy atom. The number of benzene rings is 1. The molecule has 0 saturated heterocycles. The van der Waals surface area contributed by atoms with Crippen molar-refractivity contribution in [3.05, 3.63) is 33.9 Å². The highest BCUT2D eigenvalue weighted by Gasteiger charge is 2.34. The fourth-order valence-electron chi connectivity index (χ4n) is 2.09. The van der Waals surface area contributed by atoms with Crippen molar-refractivity contribution in [2.24, 2.45) is 0 Å². The smallest absolute Gasteiger partial charge is 0.323 e. The number of ether oxygens (including phenoxy) is 1. The molecule has 1 aromatic carbocycles. The summed E-state index contributed by atoms with van der Waals surface area (Å²) in [5.41, 5.74) is -0.747. The van der Waals surface area contributed by atoms with Gasteiger partial charge in [0.25, 0.3) is 0 Å². The number of carboxylic acid groups (broad SMARTS) is 1. The SMILES string of the molecule is CNC(C)(CC(C)Oc1cccc(C)c1[N+](=O)[O-])C(=O)O. The summed E-state index contributed by atoms with van der Waals surface area (Å²) in [6, 6.07) is 4.81. The van der Waals surface area contributed by atoms with Crippen LogP contribution in [0.4, 0.5) is 5.69 Å². The Morgan fingerprint density at radius 3 is 2.67 bits per heavy atom. The van der Waals surface area contributed by atoms with Crippen LogP contribution in [-0.4, -0.2) is 34.7 Å². The zero-order chi connectivity index (χ0) is 16.2. The van der Waals surface area contributed by atoms with Gasteiger partial charge in [0.2, 0.25) is 0 Å². The Bertz CT molecular complexity index is 546. The van der Waals surface area contributed by atoms with Crippen molar-refractivity contribution in [1.82, 2.24) is 5.32 Å². The zero-order valence-corrected chi connectivity index (χ0v) is 12.5. The predicted octanol–water partition coefficient (Wildman–Crippen LogP) is 2.12. The Hall–Kier alpha value is -2.15. The van der Waals surface area contributed by atoms with Crippen LogP contribution in [0.1, 0.15) is 25.8 Å². The topological polar surface area (TPSA) is 102 Å². The van der Waals surface area contributed by atoms with Gasteiger partial charge < -0.3 is 15.2 Å². The normalized spacial score (nSPS) is 15.0. The molecule has 0 amide bonds. The third-order valence-electron chi connectivity index (χ3n) is 3.43. The van der Waals surface area contributed by atoms with Crippen LogP contribution in [0.25, 0.3) is 0 Å². The number of hydrogen-bond donors (Lipinski definition) is 2. The van der Waals surface area contributed by atoms with Crippen molar-refractivity contribution in [2.75, 3.05) is 7.05 Å². The lowest BCUT2D eigenvalue weighted by molar-refractivity contribution is -0.386. The highest BCUT2D eigenvalue weighted by molar-refractivity contribution is 5.78. The van der Waals surface area contributed by atoms with Gasteiger partial charge in [-0.15, -0.1) is 0 Å². The van der Waals surface area contributed by atoms with E-state index in [0.29, 0.717) is 5.56 Å². The van der Waals surface area contributed by atoms with E-state index in [1.807, 2.05) is 0 Å². The second-order valence-corrected chi connectivity index (χ2v) is 5.20. The van der Waals surface area contributed by atoms with E-state index >= 15 is 0 Å². The van der Waals surface area contributed by atoms with E-state index in [1.54, 1.807) is 40.0 Å². The van der Waals surface area contributed by atoms with Gasteiger partial charge in [0.05, 0.1) is 11.0 Å². The molecule has 0 aliphatic rings. The van der Waals surface area contributed by atoms with E-state index in [-0.39, 0.29) is 17.9 Å². The molecule has 21 heavy (non-hydrogen) atoms. The van der Waals surface area contributed by atoms with E-state index in [9.17, 15) is 20.0 Å². The first-order valence-electron chi connectivity index (χ1n) is 6.54. The third kappa shape index (κ3) is 3.91. The number of nitrogens with one attached hydrogen (secondary N) is 1. The molecule has 1 aromatic rings. The van der Waals surface area contributed by atoms with Gasteiger partial charge >= 0.3 is 11.7 Å². The molecule has 0 aliphatic heterocycles. The van der Waals surface area contributed by atoms with Crippen LogP contribution in [0.15, 0.2) is 18.2 Å². The van der Waals surface area contributed by atoms with E-state index in [4.69, 9.17) is 4.74 Å². The Balaban J connectivity index is 2.94. The van der Waals surface area contributed by atoms with Gasteiger partial charge in [-0.2, -0.15) is 0 Å². The first-order valence-corrected chi connectivity index (χ1v) is 6.54. The number of carbonyl (C=O) groups is 1. The molecule has 1 rings (SSSR count). The molecule has 116 valence electrons. The number of aryl methyl sites for hydroxylation is 1. The Labute approximate surface area is 123 Å². The number of para-hydroxylation sites is 1. The van der Waals surface area contributed by atoms with Crippen molar-refractivity contribution in [3.8, 4) is 5.75 Å². The van der Waals surface area contributed by atoms with E-state index in [2.05, 4.69) is 5.32 Å². The molecule has 0 radical (unpaired) electrons. The lowest BCUT2D eigenvalue weighted by atomic mass is 9.95. The van der Waals surface area contributed by atoms with Gasteiger partial charge in [-0.3, -0.25) is 14.9 Å². The molecule has 2 atom stereocenters. The fraction of sp³-hybridized carbons (Fsp3) is 0.500. The second-order valence-electron chi connectivity index (χ2n) is 5.20. The summed E-state index contributed by atoms with van der Waals surface area (Å²) in [6.45, 7) is 4.86. The maximum atomic E-state index is 11.2. The average molecular weight is 296 g/mol. The van der Waals surface area contributed by atoms with Crippen LogP contribution < -0.4 is 10.1 Å². The first kappa shape index (κ1) is 16.9. The van der Waals surface area contributed by atoms with Gasteiger partial charge in [-0.1, -0.05) is 12.1 Å². The molecule has 7 nitrogen and oxygen atoms in total. The summed E-state index contributed by atoms with van der Waals surface area (Å²) in [6.07, 6.45) is -0.330. The van der Waals surface area contributed by atoms with Crippen LogP contribution in [-0.2, 0) is 4.79 Å². The Morgan fingerprint density at radius 2 is 2.19 bits per heavy atom. The molecule has 0 aliphatic carbocycles. The van der Waals surface area contributed by atoms with Crippen molar-refractivity contribution < 1.29 is 19.6 Å². The average Bonchev–Trinajstić information content (AvgIpc) is 2.37. The largest absolute Gasteiger partial charge is 0.484 e. The van der Waals surface area contributed by atoms with Crippen LogP contribution >= 0.6 is 0 Å². The van der Waals surface area contributed by atoms with Crippen LogP contribution in [0, 0.1) is 17.0 Å². The number of rotatable bonds is 7. The highest BCUT2D eigenvalue weighted by Crippen LogP contribution is 2.31. The fourth-order valence-corrected chi connectivity index (χ4v) is 2.09.